The average molecular weight is 316 g/mol. The Morgan fingerprint density at radius 3 is 2.73 bits per heavy atom. The van der Waals surface area contributed by atoms with Crippen molar-refractivity contribution >= 4 is 17.2 Å². The van der Waals surface area contributed by atoms with Gasteiger partial charge in [0.2, 0.25) is 0 Å². The molecule has 0 spiro atoms. The van der Waals surface area contributed by atoms with Gasteiger partial charge in [0.05, 0.1) is 0 Å². The zero-order valence-corrected chi connectivity index (χ0v) is 14.2. The maximum atomic E-state index is 12.2. The number of hydrogen-bond acceptors (Lipinski definition) is 3. The number of carbonyl (C=O) groups is 1. The summed E-state index contributed by atoms with van der Waals surface area (Å²) in [5.74, 6) is 0.00232. The summed E-state index contributed by atoms with van der Waals surface area (Å²) in [6.45, 7) is 7.00. The predicted octanol–water partition coefficient (Wildman–Crippen LogP) is 4.13. The predicted molar refractivity (Wildman–Crippen MR) is 93.2 cm³/mol. The van der Waals surface area contributed by atoms with Gasteiger partial charge >= 0.3 is 0 Å². The Hall–Kier alpha value is -1.65. The van der Waals surface area contributed by atoms with E-state index < -0.39 is 0 Å². The molecule has 0 unspecified atom stereocenters. The summed E-state index contributed by atoms with van der Waals surface area (Å²) in [6.07, 6.45) is 0.936. The minimum Gasteiger partial charge on any atom is -0.350 e. The van der Waals surface area contributed by atoms with Gasteiger partial charge in [-0.25, -0.2) is 0 Å². The molecule has 118 valence electrons. The van der Waals surface area contributed by atoms with Crippen molar-refractivity contribution in [2.75, 3.05) is 0 Å². The molecule has 4 heteroatoms. The maximum absolute atomic E-state index is 12.2. The summed E-state index contributed by atoms with van der Waals surface area (Å²) < 4.78 is 0. The number of nitrogens with one attached hydrogen (secondary N) is 2. The highest BCUT2D eigenvalue weighted by Gasteiger charge is 2.10. The van der Waals surface area contributed by atoms with E-state index in [9.17, 15) is 4.79 Å². The molecule has 22 heavy (non-hydrogen) atoms. The smallest absolute Gasteiger partial charge is 0.251 e. The van der Waals surface area contributed by atoms with E-state index in [1.807, 2.05) is 31.2 Å². The van der Waals surface area contributed by atoms with Crippen LogP contribution in [0.1, 0.15) is 54.0 Å². The zero-order valence-electron chi connectivity index (χ0n) is 13.4. The SMILES string of the molecule is CC[C@@H](C)NC(=O)c1cccc(CN[C@@H](C)c2cccs2)c1. The second kappa shape index (κ2) is 8.11. The molecule has 2 N–H and O–H groups in total. The Morgan fingerprint density at radius 2 is 2.05 bits per heavy atom. The van der Waals surface area contributed by atoms with Crippen LogP contribution in [-0.2, 0) is 6.54 Å². The molecule has 0 bridgehead atoms. The molecule has 0 saturated heterocycles. The fourth-order valence-corrected chi connectivity index (χ4v) is 2.90. The van der Waals surface area contributed by atoms with E-state index in [0.717, 1.165) is 24.1 Å². The first kappa shape index (κ1) is 16.7. The molecule has 0 aliphatic carbocycles. The normalized spacial score (nSPS) is 13.6. The Kier molecular flexibility index (Phi) is 6.16. The van der Waals surface area contributed by atoms with E-state index in [4.69, 9.17) is 0 Å². The van der Waals surface area contributed by atoms with Crippen molar-refractivity contribution in [1.29, 1.82) is 0 Å². The second-order valence-corrected chi connectivity index (χ2v) is 6.58. The first-order chi connectivity index (χ1) is 10.6. The van der Waals surface area contributed by atoms with Crippen LogP contribution in [0.3, 0.4) is 0 Å². The topological polar surface area (TPSA) is 41.1 Å². The third-order valence-corrected chi connectivity index (χ3v) is 4.82. The molecule has 2 atom stereocenters. The lowest BCUT2D eigenvalue weighted by atomic mass is 10.1. The average Bonchev–Trinajstić information content (AvgIpc) is 3.07. The van der Waals surface area contributed by atoms with Gasteiger partial charge in [0.25, 0.3) is 5.91 Å². The van der Waals surface area contributed by atoms with Crippen LogP contribution in [0.25, 0.3) is 0 Å². The highest BCUT2D eigenvalue weighted by molar-refractivity contribution is 7.10. The number of amides is 1. The quantitative estimate of drug-likeness (QED) is 0.806. The van der Waals surface area contributed by atoms with Crippen LogP contribution >= 0.6 is 11.3 Å². The molecule has 1 amide bonds. The molecular weight excluding hydrogens is 292 g/mol. The molecular formula is C18H24N2OS. The zero-order chi connectivity index (χ0) is 15.9. The van der Waals surface area contributed by atoms with Gasteiger partial charge in [-0.05, 0) is 49.4 Å². The van der Waals surface area contributed by atoms with Crippen LogP contribution in [0, 0.1) is 0 Å². The van der Waals surface area contributed by atoms with Crippen molar-refractivity contribution in [1.82, 2.24) is 10.6 Å². The van der Waals surface area contributed by atoms with E-state index in [1.54, 1.807) is 11.3 Å². The molecule has 0 saturated carbocycles. The third kappa shape index (κ3) is 4.68. The standard InChI is InChI=1S/C18H24N2OS/c1-4-13(2)20-18(21)16-8-5-7-15(11-16)12-19-14(3)17-9-6-10-22-17/h5-11,13-14,19H,4,12H2,1-3H3,(H,20,21)/t13-,14+/m1/s1. The molecule has 2 aromatic rings. The molecule has 2 rings (SSSR count). The van der Waals surface area contributed by atoms with Crippen LogP contribution in [0.15, 0.2) is 41.8 Å². The van der Waals surface area contributed by atoms with Gasteiger partial charge in [-0.15, -0.1) is 11.3 Å². The number of benzene rings is 1. The summed E-state index contributed by atoms with van der Waals surface area (Å²) in [4.78, 5) is 13.5. The molecule has 1 aromatic carbocycles. The highest BCUT2D eigenvalue weighted by atomic mass is 32.1. The monoisotopic (exact) mass is 316 g/mol. The molecule has 1 heterocycles. The van der Waals surface area contributed by atoms with Gasteiger partial charge in [-0.2, -0.15) is 0 Å². The van der Waals surface area contributed by atoms with Gasteiger partial charge in [0, 0.05) is 29.1 Å². The summed E-state index contributed by atoms with van der Waals surface area (Å²) in [5, 5.41) is 8.59. The largest absolute Gasteiger partial charge is 0.350 e. The molecule has 0 aliphatic rings. The number of rotatable bonds is 7. The summed E-state index contributed by atoms with van der Waals surface area (Å²) >= 11 is 1.76. The maximum Gasteiger partial charge on any atom is 0.251 e. The number of hydrogen-bond donors (Lipinski definition) is 2. The van der Waals surface area contributed by atoms with Gasteiger partial charge in [-0.3, -0.25) is 4.79 Å². The van der Waals surface area contributed by atoms with Crippen molar-refractivity contribution in [2.24, 2.45) is 0 Å². The van der Waals surface area contributed by atoms with E-state index in [-0.39, 0.29) is 11.9 Å². The fraction of sp³-hybridized carbons (Fsp3) is 0.389. The minimum absolute atomic E-state index is 0.00232. The van der Waals surface area contributed by atoms with Crippen LogP contribution in [0.5, 0.6) is 0 Å². The van der Waals surface area contributed by atoms with Gasteiger partial charge in [0.1, 0.15) is 0 Å². The number of carbonyl (C=O) groups excluding carboxylic acids is 1. The van der Waals surface area contributed by atoms with E-state index in [2.05, 4.69) is 42.0 Å². The molecule has 0 aliphatic heterocycles. The van der Waals surface area contributed by atoms with Crippen molar-refractivity contribution in [3.05, 3.63) is 57.8 Å². The first-order valence-electron chi connectivity index (χ1n) is 7.76. The summed E-state index contributed by atoms with van der Waals surface area (Å²) in [6, 6.07) is 12.5. The first-order valence-corrected chi connectivity index (χ1v) is 8.64. The van der Waals surface area contributed by atoms with Crippen molar-refractivity contribution in [2.45, 2.75) is 45.8 Å². The lowest BCUT2D eigenvalue weighted by Crippen LogP contribution is -2.32. The van der Waals surface area contributed by atoms with E-state index in [0.29, 0.717) is 6.04 Å². The van der Waals surface area contributed by atoms with Gasteiger partial charge in [0.15, 0.2) is 0 Å². The van der Waals surface area contributed by atoms with Crippen molar-refractivity contribution in [3.63, 3.8) is 0 Å². The lowest BCUT2D eigenvalue weighted by molar-refractivity contribution is 0.0939. The fourth-order valence-electron chi connectivity index (χ4n) is 2.14. The Morgan fingerprint density at radius 1 is 1.23 bits per heavy atom. The van der Waals surface area contributed by atoms with E-state index in [1.165, 1.54) is 4.88 Å². The molecule has 3 nitrogen and oxygen atoms in total. The molecule has 0 radical (unpaired) electrons. The third-order valence-electron chi connectivity index (χ3n) is 3.76. The Labute approximate surface area is 136 Å². The van der Waals surface area contributed by atoms with Crippen LogP contribution < -0.4 is 10.6 Å². The molecule has 0 fully saturated rings. The van der Waals surface area contributed by atoms with Crippen LogP contribution in [-0.4, -0.2) is 11.9 Å². The van der Waals surface area contributed by atoms with Crippen LogP contribution in [0.2, 0.25) is 0 Å². The summed E-state index contributed by atoms with van der Waals surface area (Å²) in [5.41, 5.74) is 1.85. The summed E-state index contributed by atoms with van der Waals surface area (Å²) in [7, 11) is 0. The van der Waals surface area contributed by atoms with E-state index >= 15 is 0 Å². The number of thiophene rings is 1. The van der Waals surface area contributed by atoms with Gasteiger partial charge in [-0.1, -0.05) is 25.1 Å². The van der Waals surface area contributed by atoms with Crippen molar-refractivity contribution < 1.29 is 4.79 Å². The van der Waals surface area contributed by atoms with Gasteiger partial charge < -0.3 is 10.6 Å². The highest BCUT2D eigenvalue weighted by Crippen LogP contribution is 2.18. The van der Waals surface area contributed by atoms with Crippen molar-refractivity contribution in [3.8, 4) is 0 Å². The second-order valence-electron chi connectivity index (χ2n) is 5.60. The lowest BCUT2D eigenvalue weighted by Gasteiger charge is -2.14. The molecule has 1 aromatic heterocycles. The Bertz CT molecular complexity index is 595. The minimum atomic E-state index is 0.00232. The Balaban J connectivity index is 1.95. The van der Waals surface area contributed by atoms with Crippen LogP contribution in [0.4, 0.5) is 0 Å².